The summed E-state index contributed by atoms with van der Waals surface area (Å²) in [5.41, 5.74) is 1.68. The van der Waals surface area contributed by atoms with Crippen molar-refractivity contribution in [3.05, 3.63) is 65.6 Å². The van der Waals surface area contributed by atoms with Crippen LogP contribution in [0.15, 0.2) is 49.4 Å². The number of carbonyl (C=O) groups is 1. The standard InChI is InChI=1S/C19H22ClN5O/c1-2-6-23-19(26)16-4-3-7-22-18(16)25-11-9-24(10-12-25)14-15-5-8-21-13-17(15)20/h2-5,7-8,13H,1,6,9-12,14H2,(H,23,26). The topological polar surface area (TPSA) is 61.4 Å². The SMILES string of the molecule is C=CCNC(=O)c1cccnc1N1CCN(Cc2ccncc2Cl)CC1. The van der Waals surface area contributed by atoms with Crippen LogP contribution in [0.3, 0.4) is 0 Å². The van der Waals surface area contributed by atoms with Crippen LogP contribution in [0.25, 0.3) is 0 Å². The predicted octanol–water partition coefficient (Wildman–Crippen LogP) is 2.37. The molecule has 7 heteroatoms. The molecule has 1 fully saturated rings. The second-order valence-electron chi connectivity index (χ2n) is 6.10. The number of hydrogen-bond acceptors (Lipinski definition) is 5. The van der Waals surface area contributed by atoms with Crippen molar-refractivity contribution in [2.45, 2.75) is 6.54 Å². The highest BCUT2D eigenvalue weighted by molar-refractivity contribution is 6.31. The zero-order valence-electron chi connectivity index (χ0n) is 14.6. The van der Waals surface area contributed by atoms with Crippen LogP contribution in [-0.4, -0.2) is 53.5 Å². The molecule has 0 atom stereocenters. The minimum atomic E-state index is -0.126. The van der Waals surface area contributed by atoms with Gasteiger partial charge in [-0.15, -0.1) is 6.58 Å². The molecule has 3 heterocycles. The van der Waals surface area contributed by atoms with Crippen LogP contribution in [0.4, 0.5) is 5.82 Å². The maximum absolute atomic E-state index is 12.4. The summed E-state index contributed by atoms with van der Waals surface area (Å²) in [5.74, 6) is 0.606. The summed E-state index contributed by atoms with van der Waals surface area (Å²) >= 11 is 6.20. The molecule has 0 spiro atoms. The molecule has 2 aromatic heterocycles. The minimum Gasteiger partial charge on any atom is -0.353 e. The van der Waals surface area contributed by atoms with E-state index in [9.17, 15) is 4.79 Å². The molecular formula is C19H22ClN5O. The van der Waals surface area contributed by atoms with Crippen molar-refractivity contribution >= 4 is 23.3 Å². The lowest BCUT2D eigenvalue weighted by atomic mass is 10.2. The smallest absolute Gasteiger partial charge is 0.255 e. The van der Waals surface area contributed by atoms with Gasteiger partial charge in [0.05, 0.1) is 10.6 Å². The van der Waals surface area contributed by atoms with Gasteiger partial charge in [0.1, 0.15) is 5.82 Å². The van der Waals surface area contributed by atoms with Gasteiger partial charge in [0, 0.05) is 57.9 Å². The summed E-state index contributed by atoms with van der Waals surface area (Å²) in [6.07, 6.45) is 6.83. The molecule has 1 aliphatic heterocycles. The van der Waals surface area contributed by atoms with Crippen LogP contribution >= 0.6 is 11.6 Å². The van der Waals surface area contributed by atoms with Gasteiger partial charge in [-0.05, 0) is 23.8 Å². The Bertz CT molecular complexity index is 774. The third-order valence-corrected chi connectivity index (χ3v) is 4.70. The van der Waals surface area contributed by atoms with Crippen LogP contribution in [0.2, 0.25) is 5.02 Å². The molecule has 6 nitrogen and oxygen atoms in total. The summed E-state index contributed by atoms with van der Waals surface area (Å²) in [6.45, 7) is 8.23. The molecule has 0 radical (unpaired) electrons. The molecule has 1 aliphatic rings. The number of aromatic nitrogens is 2. The Hall–Kier alpha value is -2.44. The van der Waals surface area contributed by atoms with Crippen LogP contribution in [0, 0.1) is 0 Å². The third-order valence-electron chi connectivity index (χ3n) is 4.36. The quantitative estimate of drug-likeness (QED) is 0.790. The first-order valence-electron chi connectivity index (χ1n) is 8.59. The van der Waals surface area contributed by atoms with Crippen LogP contribution in [-0.2, 0) is 6.54 Å². The molecule has 136 valence electrons. The highest BCUT2D eigenvalue weighted by Gasteiger charge is 2.22. The molecule has 0 aliphatic carbocycles. The van der Waals surface area contributed by atoms with Crippen molar-refractivity contribution in [2.75, 3.05) is 37.6 Å². The van der Waals surface area contributed by atoms with E-state index in [1.807, 2.05) is 12.1 Å². The van der Waals surface area contributed by atoms with Gasteiger partial charge in [0.2, 0.25) is 0 Å². The van der Waals surface area contributed by atoms with Gasteiger partial charge in [-0.3, -0.25) is 14.7 Å². The second kappa shape index (κ2) is 8.78. The number of rotatable bonds is 6. The van der Waals surface area contributed by atoms with Crippen molar-refractivity contribution in [2.24, 2.45) is 0 Å². The van der Waals surface area contributed by atoms with Crippen LogP contribution in [0.1, 0.15) is 15.9 Å². The molecule has 26 heavy (non-hydrogen) atoms. The van der Waals surface area contributed by atoms with Crippen molar-refractivity contribution < 1.29 is 4.79 Å². The Labute approximate surface area is 158 Å². The summed E-state index contributed by atoms with van der Waals surface area (Å²) in [7, 11) is 0. The maximum atomic E-state index is 12.4. The number of amides is 1. The zero-order chi connectivity index (χ0) is 18.4. The highest BCUT2D eigenvalue weighted by Crippen LogP contribution is 2.21. The molecule has 0 saturated carbocycles. The third kappa shape index (κ3) is 4.39. The number of hydrogen-bond donors (Lipinski definition) is 1. The molecule has 0 unspecified atom stereocenters. The van der Waals surface area contributed by atoms with E-state index in [1.165, 1.54) is 0 Å². The van der Waals surface area contributed by atoms with Crippen molar-refractivity contribution in [3.8, 4) is 0 Å². The molecule has 1 amide bonds. The number of piperazine rings is 1. The van der Waals surface area contributed by atoms with Gasteiger partial charge in [-0.25, -0.2) is 4.98 Å². The minimum absolute atomic E-state index is 0.126. The van der Waals surface area contributed by atoms with Crippen LogP contribution < -0.4 is 10.2 Å². The van der Waals surface area contributed by atoms with Gasteiger partial charge in [-0.2, -0.15) is 0 Å². The summed E-state index contributed by atoms with van der Waals surface area (Å²) in [4.78, 5) is 25.3. The Morgan fingerprint density at radius 2 is 2.08 bits per heavy atom. The summed E-state index contributed by atoms with van der Waals surface area (Å²) in [6, 6.07) is 5.55. The molecule has 0 aromatic carbocycles. The monoisotopic (exact) mass is 371 g/mol. The molecule has 0 bridgehead atoms. The Morgan fingerprint density at radius 3 is 2.81 bits per heavy atom. The maximum Gasteiger partial charge on any atom is 0.255 e. The highest BCUT2D eigenvalue weighted by atomic mass is 35.5. The first kappa shape index (κ1) is 18.4. The molecule has 3 rings (SSSR count). The largest absolute Gasteiger partial charge is 0.353 e. The van der Waals surface area contributed by atoms with Crippen molar-refractivity contribution in [1.82, 2.24) is 20.2 Å². The fourth-order valence-electron chi connectivity index (χ4n) is 2.98. The number of anilines is 1. The van der Waals surface area contributed by atoms with E-state index >= 15 is 0 Å². The predicted molar refractivity (Wildman–Crippen MR) is 104 cm³/mol. The lowest BCUT2D eigenvalue weighted by Crippen LogP contribution is -2.47. The molecule has 1 saturated heterocycles. The summed E-state index contributed by atoms with van der Waals surface area (Å²) < 4.78 is 0. The second-order valence-corrected chi connectivity index (χ2v) is 6.51. The van der Waals surface area contributed by atoms with Crippen molar-refractivity contribution in [3.63, 3.8) is 0 Å². The van der Waals surface area contributed by atoms with E-state index < -0.39 is 0 Å². The first-order valence-corrected chi connectivity index (χ1v) is 8.96. The lowest BCUT2D eigenvalue weighted by molar-refractivity contribution is 0.0958. The van der Waals surface area contributed by atoms with E-state index in [2.05, 4.69) is 31.7 Å². The normalized spacial score (nSPS) is 14.9. The van der Waals surface area contributed by atoms with Crippen molar-refractivity contribution in [1.29, 1.82) is 0 Å². The van der Waals surface area contributed by atoms with E-state index in [4.69, 9.17) is 11.6 Å². The van der Waals surface area contributed by atoms with Gasteiger partial charge in [-0.1, -0.05) is 17.7 Å². The van der Waals surface area contributed by atoms with Gasteiger partial charge in [0.15, 0.2) is 0 Å². The van der Waals surface area contributed by atoms with E-state index in [-0.39, 0.29) is 5.91 Å². The zero-order valence-corrected chi connectivity index (χ0v) is 15.3. The fourth-order valence-corrected chi connectivity index (χ4v) is 3.16. The number of halogens is 1. The van der Waals surface area contributed by atoms with E-state index in [0.29, 0.717) is 17.1 Å². The lowest BCUT2D eigenvalue weighted by Gasteiger charge is -2.36. The first-order chi connectivity index (χ1) is 12.7. The van der Waals surface area contributed by atoms with Gasteiger partial charge in [0.25, 0.3) is 5.91 Å². The number of carbonyl (C=O) groups excluding carboxylic acids is 1. The van der Waals surface area contributed by atoms with E-state index in [1.54, 1.807) is 30.7 Å². The Balaban J connectivity index is 1.64. The van der Waals surface area contributed by atoms with Gasteiger partial charge < -0.3 is 10.2 Å². The fraction of sp³-hybridized carbons (Fsp3) is 0.316. The average Bonchev–Trinajstić information content (AvgIpc) is 2.68. The number of pyridine rings is 2. The molecular weight excluding hydrogens is 350 g/mol. The van der Waals surface area contributed by atoms with Gasteiger partial charge >= 0.3 is 0 Å². The Morgan fingerprint density at radius 1 is 1.27 bits per heavy atom. The average molecular weight is 372 g/mol. The Kier molecular flexibility index (Phi) is 6.20. The van der Waals surface area contributed by atoms with Crippen LogP contribution in [0.5, 0.6) is 0 Å². The van der Waals surface area contributed by atoms with E-state index in [0.717, 1.165) is 44.1 Å². The number of nitrogens with one attached hydrogen (secondary N) is 1. The summed E-state index contributed by atoms with van der Waals surface area (Å²) in [5, 5.41) is 3.52. The molecule has 1 N–H and O–H groups in total. The molecule has 2 aromatic rings. The number of nitrogens with zero attached hydrogens (tertiary/aromatic N) is 4.